The van der Waals surface area contributed by atoms with Crippen LogP contribution < -0.4 is 11.2 Å². The molecular formula is C15H13F3N4O3. The van der Waals surface area contributed by atoms with Crippen LogP contribution in [0.3, 0.4) is 0 Å². The number of aryl methyl sites for hydroxylation is 1. The lowest BCUT2D eigenvalue weighted by Crippen LogP contribution is -2.29. The van der Waals surface area contributed by atoms with Gasteiger partial charge in [0, 0.05) is 13.6 Å². The number of H-pyrrole nitrogens is 1. The predicted octanol–water partition coefficient (Wildman–Crippen LogP) is 0.983. The lowest BCUT2D eigenvalue weighted by atomic mass is 10.1. The minimum Gasteiger partial charge on any atom is -0.388 e. The van der Waals surface area contributed by atoms with Gasteiger partial charge in [-0.05, 0) is 17.7 Å². The number of rotatable bonds is 3. The van der Waals surface area contributed by atoms with E-state index >= 15 is 0 Å². The molecule has 0 spiro atoms. The second kappa shape index (κ2) is 5.88. The lowest BCUT2D eigenvalue weighted by molar-refractivity contribution is -0.137. The standard InChI is InChI=1S/C15H13F3N4O3/c1-21-12-11(13(24)20-14(21)25)22(10(7-23)19-12)6-8-2-4-9(5-3-8)15(16,17)18/h2-5,23H,6-7H2,1H3,(H,20,24,25). The van der Waals surface area contributed by atoms with Gasteiger partial charge in [0.15, 0.2) is 11.2 Å². The van der Waals surface area contributed by atoms with Crippen LogP contribution in [-0.2, 0) is 26.4 Å². The van der Waals surface area contributed by atoms with E-state index in [0.29, 0.717) is 5.56 Å². The molecule has 2 N–H and O–H groups in total. The summed E-state index contributed by atoms with van der Waals surface area (Å²) in [5.74, 6) is 0.126. The van der Waals surface area contributed by atoms with Gasteiger partial charge in [-0.25, -0.2) is 9.78 Å². The zero-order valence-corrected chi connectivity index (χ0v) is 13.0. The first kappa shape index (κ1) is 17.0. The third kappa shape index (κ3) is 2.95. The third-order valence-corrected chi connectivity index (χ3v) is 3.85. The van der Waals surface area contributed by atoms with Crippen molar-refractivity contribution < 1.29 is 18.3 Å². The van der Waals surface area contributed by atoms with Gasteiger partial charge in [-0.15, -0.1) is 0 Å². The van der Waals surface area contributed by atoms with Gasteiger partial charge >= 0.3 is 11.9 Å². The molecule has 0 atom stereocenters. The number of alkyl halides is 3. The van der Waals surface area contributed by atoms with E-state index in [1.165, 1.54) is 23.7 Å². The maximum atomic E-state index is 12.6. The highest BCUT2D eigenvalue weighted by atomic mass is 19.4. The van der Waals surface area contributed by atoms with E-state index < -0.39 is 29.6 Å². The quantitative estimate of drug-likeness (QED) is 0.733. The van der Waals surface area contributed by atoms with Gasteiger partial charge in [-0.1, -0.05) is 12.1 Å². The molecule has 0 fully saturated rings. The van der Waals surface area contributed by atoms with E-state index in [1.54, 1.807) is 0 Å². The van der Waals surface area contributed by atoms with Crippen LogP contribution >= 0.6 is 0 Å². The molecule has 0 amide bonds. The van der Waals surface area contributed by atoms with Crippen LogP contribution in [0.2, 0.25) is 0 Å². The van der Waals surface area contributed by atoms with Crippen LogP contribution in [0.4, 0.5) is 13.2 Å². The predicted molar refractivity (Wildman–Crippen MR) is 82.1 cm³/mol. The molecule has 3 aromatic rings. The Morgan fingerprint density at radius 2 is 1.84 bits per heavy atom. The molecule has 0 aliphatic heterocycles. The molecule has 0 aliphatic carbocycles. The number of nitrogens with zero attached hydrogens (tertiary/aromatic N) is 3. The molecule has 3 rings (SSSR count). The fraction of sp³-hybridized carbons (Fsp3) is 0.267. The van der Waals surface area contributed by atoms with Crippen LogP contribution in [0, 0.1) is 0 Å². The van der Waals surface area contributed by atoms with Crippen molar-refractivity contribution >= 4 is 11.2 Å². The number of imidazole rings is 1. The Labute approximate surface area is 138 Å². The topological polar surface area (TPSA) is 92.9 Å². The Kier molecular flexibility index (Phi) is 3.99. The summed E-state index contributed by atoms with van der Waals surface area (Å²) in [5, 5.41) is 9.47. The van der Waals surface area contributed by atoms with Crippen molar-refractivity contribution in [2.45, 2.75) is 19.3 Å². The molecule has 10 heteroatoms. The Balaban J connectivity index is 2.11. The van der Waals surface area contributed by atoms with E-state index in [-0.39, 0.29) is 23.5 Å². The van der Waals surface area contributed by atoms with Crippen LogP contribution in [0.15, 0.2) is 33.9 Å². The van der Waals surface area contributed by atoms with E-state index in [1.807, 2.05) is 0 Å². The van der Waals surface area contributed by atoms with Crippen molar-refractivity contribution in [3.63, 3.8) is 0 Å². The number of hydrogen-bond acceptors (Lipinski definition) is 4. The molecule has 0 unspecified atom stereocenters. The highest BCUT2D eigenvalue weighted by Gasteiger charge is 2.30. The molecule has 132 valence electrons. The minimum atomic E-state index is -4.44. The summed E-state index contributed by atoms with van der Waals surface area (Å²) in [5.41, 5.74) is -1.49. The summed E-state index contributed by atoms with van der Waals surface area (Å²) in [7, 11) is 1.41. The minimum absolute atomic E-state index is 0.0197. The highest BCUT2D eigenvalue weighted by molar-refractivity contribution is 5.71. The number of nitrogens with one attached hydrogen (secondary N) is 1. The Morgan fingerprint density at radius 3 is 2.40 bits per heavy atom. The van der Waals surface area contributed by atoms with E-state index in [4.69, 9.17) is 0 Å². The summed E-state index contributed by atoms with van der Waals surface area (Å²) in [6.45, 7) is -0.477. The highest BCUT2D eigenvalue weighted by Crippen LogP contribution is 2.29. The maximum Gasteiger partial charge on any atom is 0.416 e. The maximum absolute atomic E-state index is 12.6. The monoisotopic (exact) mass is 354 g/mol. The average Bonchev–Trinajstić information content (AvgIpc) is 2.91. The normalized spacial score (nSPS) is 12.0. The Morgan fingerprint density at radius 1 is 1.20 bits per heavy atom. The van der Waals surface area contributed by atoms with Crippen molar-refractivity contribution in [3.05, 3.63) is 62.1 Å². The summed E-state index contributed by atoms with van der Waals surface area (Å²) in [6, 6.07) is 4.44. The Bertz CT molecular complexity index is 1050. The van der Waals surface area contributed by atoms with Crippen molar-refractivity contribution in [2.75, 3.05) is 0 Å². The average molecular weight is 354 g/mol. The summed E-state index contributed by atoms with van der Waals surface area (Å²) >= 11 is 0. The number of fused-ring (bicyclic) bond motifs is 1. The van der Waals surface area contributed by atoms with Gasteiger partial charge in [-0.2, -0.15) is 13.2 Å². The van der Waals surface area contributed by atoms with E-state index in [2.05, 4.69) is 9.97 Å². The fourth-order valence-electron chi connectivity index (χ4n) is 2.55. The molecule has 7 nitrogen and oxygen atoms in total. The van der Waals surface area contributed by atoms with Gasteiger partial charge in [0.05, 0.1) is 5.56 Å². The molecule has 0 saturated heterocycles. The zero-order valence-electron chi connectivity index (χ0n) is 13.0. The second-order valence-corrected chi connectivity index (χ2v) is 5.46. The van der Waals surface area contributed by atoms with Gasteiger partial charge in [0.2, 0.25) is 0 Å². The van der Waals surface area contributed by atoms with Crippen molar-refractivity contribution in [1.82, 2.24) is 19.1 Å². The molecule has 0 bridgehead atoms. The molecule has 2 aromatic heterocycles. The third-order valence-electron chi connectivity index (χ3n) is 3.85. The van der Waals surface area contributed by atoms with Crippen LogP contribution in [-0.4, -0.2) is 24.2 Å². The van der Waals surface area contributed by atoms with Crippen molar-refractivity contribution in [3.8, 4) is 0 Å². The molecule has 0 radical (unpaired) electrons. The number of aliphatic hydroxyl groups excluding tert-OH is 1. The van der Waals surface area contributed by atoms with E-state index in [9.17, 15) is 27.9 Å². The van der Waals surface area contributed by atoms with Gasteiger partial charge < -0.3 is 9.67 Å². The van der Waals surface area contributed by atoms with Crippen LogP contribution in [0.1, 0.15) is 17.0 Å². The number of halogens is 3. The number of aromatic nitrogens is 4. The van der Waals surface area contributed by atoms with Gasteiger partial charge in [0.1, 0.15) is 12.4 Å². The molecule has 0 saturated carbocycles. The van der Waals surface area contributed by atoms with Crippen LogP contribution in [0.25, 0.3) is 11.2 Å². The van der Waals surface area contributed by atoms with E-state index in [0.717, 1.165) is 16.7 Å². The van der Waals surface area contributed by atoms with Crippen molar-refractivity contribution in [2.24, 2.45) is 7.05 Å². The molecule has 1 aromatic carbocycles. The first-order valence-corrected chi connectivity index (χ1v) is 7.17. The largest absolute Gasteiger partial charge is 0.416 e. The fourth-order valence-corrected chi connectivity index (χ4v) is 2.55. The summed E-state index contributed by atoms with van der Waals surface area (Å²) in [6.07, 6.45) is -4.44. The second-order valence-electron chi connectivity index (χ2n) is 5.46. The lowest BCUT2D eigenvalue weighted by Gasteiger charge is -2.10. The zero-order chi connectivity index (χ0) is 18.4. The first-order chi connectivity index (χ1) is 11.7. The SMILES string of the molecule is Cn1c(=O)[nH]c(=O)c2c1nc(CO)n2Cc1ccc(C(F)(F)F)cc1. The smallest absolute Gasteiger partial charge is 0.388 e. The Hall–Kier alpha value is -2.88. The number of aliphatic hydroxyl groups is 1. The number of aromatic amines is 1. The number of hydrogen-bond donors (Lipinski definition) is 2. The molecule has 2 heterocycles. The van der Waals surface area contributed by atoms with Gasteiger partial charge in [0.25, 0.3) is 5.56 Å². The summed E-state index contributed by atoms with van der Waals surface area (Å²) in [4.78, 5) is 30.0. The molecular weight excluding hydrogens is 341 g/mol. The number of benzene rings is 1. The van der Waals surface area contributed by atoms with Gasteiger partial charge in [-0.3, -0.25) is 14.3 Å². The molecule has 0 aliphatic rings. The van der Waals surface area contributed by atoms with Crippen LogP contribution in [0.5, 0.6) is 0 Å². The molecule has 25 heavy (non-hydrogen) atoms. The van der Waals surface area contributed by atoms with Crippen molar-refractivity contribution in [1.29, 1.82) is 0 Å². The first-order valence-electron chi connectivity index (χ1n) is 7.17. The summed E-state index contributed by atoms with van der Waals surface area (Å²) < 4.78 is 40.4.